The second-order valence-corrected chi connectivity index (χ2v) is 5.41. The molecule has 0 fully saturated rings. The average molecular weight is 334 g/mol. The number of carbonyl (C=O) groups excluding carboxylic acids is 1. The molecule has 0 aliphatic heterocycles. The van der Waals surface area contributed by atoms with Gasteiger partial charge in [-0.2, -0.15) is 0 Å². The van der Waals surface area contributed by atoms with Crippen molar-refractivity contribution in [3.8, 4) is 5.75 Å². The van der Waals surface area contributed by atoms with Crippen molar-refractivity contribution in [2.24, 2.45) is 0 Å². The maximum atomic E-state index is 13.7. The SMILES string of the molecule is COc1ccc2c(CC(=O)Nc3ccc(Cl)cc3F)coc2c1. The molecule has 3 aromatic rings. The van der Waals surface area contributed by atoms with Crippen LogP contribution in [0.3, 0.4) is 0 Å². The van der Waals surface area contributed by atoms with Crippen molar-refractivity contribution in [1.29, 1.82) is 0 Å². The van der Waals surface area contributed by atoms with Gasteiger partial charge in [0.25, 0.3) is 0 Å². The lowest BCUT2D eigenvalue weighted by Crippen LogP contribution is -2.15. The van der Waals surface area contributed by atoms with E-state index in [1.807, 2.05) is 6.07 Å². The predicted octanol–water partition coefficient (Wildman–Crippen LogP) is 4.42. The van der Waals surface area contributed by atoms with Crippen LogP contribution in [0.2, 0.25) is 5.02 Å². The number of rotatable bonds is 4. The molecule has 23 heavy (non-hydrogen) atoms. The highest BCUT2D eigenvalue weighted by Gasteiger charge is 2.13. The fourth-order valence-electron chi connectivity index (χ4n) is 2.29. The lowest BCUT2D eigenvalue weighted by atomic mass is 10.1. The van der Waals surface area contributed by atoms with Gasteiger partial charge in [-0.25, -0.2) is 4.39 Å². The minimum absolute atomic E-state index is 0.0708. The van der Waals surface area contributed by atoms with Gasteiger partial charge in [0.05, 0.1) is 25.5 Å². The van der Waals surface area contributed by atoms with Gasteiger partial charge in [-0.3, -0.25) is 4.79 Å². The van der Waals surface area contributed by atoms with Crippen molar-refractivity contribution in [3.63, 3.8) is 0 Å². The van der Waals surface area contributed by atoms with Crippen molar-refractivity contribution < 1.29 is 18.3 Å². The number of fused-ring (bicyclic) bond motifs is 1. The Bertz CT molecular complexity index is 875. The summed E-state index contributed by atoms with van der Waals surface area (Å²) in [7, 11) is 1.57. The van der Waals surface area contributed by atoms with Crippen LogP contribution in [0.1, 0.15) is 5.56 Å². The highest BCUT2D eigenvalue weighted by molar-refractivity contribution is 6.30. The van der Waals surface area contributed by atoms with Crippen LogP contribution >= 0.6 is 11.6 Å². The van der Waals surface area contributed by atoms with E-state index >= 15 is 0 Å². The molecule has 0 spiro atoms. The second-order valence-electron chi connectivity index (χ2n) is 4.97. The van der Waals surface area contributed by atoms with Gasteiger partial charge in [0.1, 0.15) is 17.1 Å². The van der Waals surface area contributed by atoms with E-state index in [-0.39, 0.29) is 23.0 Å². The zero-order valence-corrected chi connectivity index (χ0v) is 13.0. The molecule has 0 radical (unpaired) electrons. The second kappa shape index (κ2) is 6.30. The number of benzene rings is 2. The Hall–Kier alpha value is -2.53. The molecule has 1 N–H and O–H groups in total. The van der Waals surface area contributed by atoms with Crippen LogP contribution in [0, 0.1) is 5.82 Å². The topological polar surface area (TPSA) is 51.5 Å². The Kier molecular flexibility index (Phi) is 4.21. The summed E-state index contributed by atoms with van der Waals surface area (Å²) in [5.41, 5.74) is 1.44. The largest absolute Gasteiger partial charge is 0.497 e. The van der Waals surface area contributed by atoms with Gasteiger partial charge in [0.2, 0.25) is 5.91 Å². The zero-order valence-electron chi connectivity index (χ0n) is 12.2. The number of furan rings is 1. The summed E-state index contributed by atoms with van der Waals surface area (Å²) in [4.78, 5) is 12.1. The van der Waals surface area contributed by atoms with Crippen LogP contribution in [0.25, 0.3) is 11.0 Å². The maximum absolute atomic E-state index is 13.7. The number of carbonyl (C=O) groups is 1. The summed E-state index contributed by atoms with van der Waals surface area (Å²) in [6.07, 6.45) is 1.59. The van der Waals surface area contributed by atoms with Crippen molar-refractivity contribution in [3.05, 3.63) is 59.1 Å². The van der Waals surface area contributed by atoms with Crippen molar-refractivity contribution >= 4 is 34.2 Å². The van der Waals surface area contributed by atoms with E-state index in [1.165, 1.54) is 18.4 Å². The van der Waals surface area contributed by atoms with Gasteiger partial charge in [-0.1, -0.05) is 11.6 Å². The first-order valence-corrected chi connectivity index (χ1v) is 7.23. The molecule has 4 nitrogen and oxygen atoms in total. The Morgan fingerprint density at radius 3 is 2.87 bits per heavy atom. The quantitative estimate of drug-likeness (QED) is 0.769. The van der Waals surface area contributed by atoms with Gasteiger partial charge < -0.3 is 14.5 Å². The van der Waals surface area contributed by atoms with Crippen LogP contribution in [-0.2, 0) is 11.2 Å². The number of ether oxygens (including phenoxy) is 1. The van der Waals surface area contributed by atoms with Crippen molar-refractivity contribution in [1.82, 2.24) is 0 Å². The van der Waals surface area contributed by atoms with Gasteiger partial charge in [-0.05, 0) is 30.3 Å². The van der Waals surface area contributed by atoms with Gasteiger partial charge in [-0.15, -0.1) is 0 Å². The number of hydrogen-bond acceptors (Lipinski definition) is 3. The molecule has 2 aromatic carbocycles. The highest BCUT2D eigenvalue weighted by atomic mass is 35.5. The lowest BCUT2D eigenvalue weighted by molar-refractivity contribution is -0.115. The Morgan fingerprint density at radius 2 is 2.13 bits per heavy atom. The summed E-state index contributed by atoms with van der Waals surface area (Å²) in [6.45, 7) is 0. The first-order chi connectivity index (χ1) is 11.1. The molecule has 3 rings (SSSR count). The Labute approximate surface area is 136 Å². The molecule has 0 saturated heterocycles. The van der Waals surface area contributed by atoms with E-state index in [4.69, 9.17) is 20.8 Å². The van der Waals surface area contributed by atoms with E-state index in [0.29, 0.717) is 11.3 Å². The van der Waals surface area contributed by atoms with Gasteiger partial charge in [0, 0.05) is 22.0 Å². The molecule has 0 aliphatic rings. The molecular formula is C17H13ClFNO3. The van der Waals surface area contributed by atoms with E-state index < -0.39 is 5.82 Å². The van der Waals surface area contributed by atoms with E-state index in [2.05, 4.69) is 5.32 Å². The highest BCUT2D eigenvalue weighted by Crippen LogP contribution is 2.26. The van der Waals surface area contributed by atoms with Crippen LogP contribution in [0.4, 0.5) is 10.1 Å². The van der Waals surface area contributed by atoms with Gasteiger partial charge >= 0.3 is 0 Å². The molecule has 0 bridgehead atoms. The summed E-state index contributed by atoms with van der Waals surface area (Å²) in [6, 6.07) is 9.45. The fourth-order valence-corrected chi connectivity index (χ4v) is 2.44. The number of halogens is 2. The van der Waals surface area contributed by atoms with Crippen LogP contribution in [0.15, 0.2) is 47.1 Å². The van der Waals surface area contributed by atoms with Crippen LogP contribution < -0.4 is 10.1 Å². The molecule has 0 aliphatic carbocycles. The third-order valence-corrected chi connectivity index (χ3v) is 3.65. The molecular weight excluding hydrogens is 321 g/mol. The molecule has 0 atom stereocenters. The smallest absolute Gasteiger partial charge is 0.229 e. The van der Waals surface area contributed by atoms with Crippen molar-refractivity contribution in [2.75, 3.05) is 12.4 Å². The molecule has 0 saturated carbocycles. The molecule has 1 amide bonds. The van der Waals surface area contributed by atoms with E-state index in [1.54, 1.807) is 19.2 Å². The number of amides is 1. The van der Waals surface area contributed by atoms with Crippen molar-refractivity contribution in [2.45, 2.75) is 6.42 Å². The summed E-state index contributed by atoms with van der Waals surface area (Å²) < 4.78 is 24.2. The van der Waals surface area contributed by atoms with Crippen LogP contribution in [0.5, 0.6) is 5.75 Å². The summed E-state index contributed by atoms with van der Waals surface area (Å²) in [5.74, 6) is -0.247. The number of hydrogen-bond donors (Lipinski definition) is 1. The predicted molar refractivity (Wildman–Crippen MR) is 86.5 cm³/mol. The minimum atomic E-state index is -0.576. The van der Waals surface area contributed by atoms with E-state index in [0.717, 1.165) is 17.0 Å². The number of nitrogens with one attached hydrogen (secondary N) is 1. The summed E-state index contributed by atoms with van der Waals surface area (Å²) >= 11 is 5.68. The zero-order chi connectivity index (χ0) is 16.4. The molecule has 0 unspecified atom stereocenters. The molecule has 1 heterocycles. The van der Waals surface area contributed by atoms with E-state index in [9.17, 15) is 9.18 Å². The Morgan fingerprint density at radius 1 is 1.30 bits per heavy atom. The average Bonchev–Trinajstić information content (AvgIpc) is 2.92. The van der Waals surface area contributed by atoms with Crippen LogP contribution in [-0.4, -0.2) is 13.0 Å². The first-order valence-electron chi connectivity index (χ1n) is 6.86. The maximum Gasteiger partial charge on any atom is 0.229 e. The third-order valence-electron chi connectivity index (χ3n) is 3.42. The fraction of sp³-hybridized carbons (Fsp3) is 0.118. The standard InChI is InChI=1S/C17H13ClFNO3/c1-22-12-3-4-13-10(9-23-16(13)8-12)6-17(21)20-15-5-2-11(18)7-14(15)19/h2-5,7-9H,6H2,1H3,(H,20,21). The van der Waals surface area contributed by atoms with Gasteiger partial charge in [0.15, 0.2) is 0 Å². The number of anilines is 1. The Balaban J connectivity index is 1.77. The molecule has 118 valence electrons. The first kappa shape index (κ1) is 15.4. The lowest BCUT2D eigenvalue weighted by Gasteiger charge is -2.06. The number of methoxy groups -OCH3 is 1. The third kappa shape index (κ3) is 3.29. The monoisotopic (exact) mass is 333 g/mol. The molecule has 6 heteroatoms. The summed E-state index contributed by atoms with van der Waals surface area (Å²) in [5, 5.41) is 3.61. The normalized spacial score (nSPS) is 10.7. The molecule has 1 aromatic heterocycles. The minimum Gasteiger partial charge on any atom is -0.497 e.